The van der Waals surface area contributed by atoms with Gasteiger partial charge in [0.2, 0.25) is 5.95 Å². The number of aromatic nitrogens is 2. The van der Waals surface area contributed by atoms with Crippen molar-refractivity contribution in [3.63, 3.8) is 0 Å². The van der Waals surface area contributed by atoms with E-state index in [9.17, 15) is 9.59 Å². The van der Waals surface area contributed by atoms with Gasteiger partial charge in [-0.3, -0.25) is 4.79 Å². The summed E-state index contributed by atoms with van der Waals surface area (Å²) in [5.74, 6) is -1.02. The van der Waals surface area contributed by atoms with Gasteiger partial charge in [-0.1, -0.05) is 18.5 Å². The third kappa shape index (κ3) is 4.31. The summed E-state index contributed by atoms with van der Waals surface area (Å²) >= 11 is 6.06. The molecule has 1 fully saturated rings. The van der Waals surface area contributed by atoms with Gasteiger partial charge in [0.25, 0.3) is 5.91 Å². The molecule has 2 atom stereocenters. The summed E-state index contributed by atoms with van der Waals surface area (Å²) in [6.45, 7) is 2.96. The predicted octanol–water partition coefficient (Wildman–Crippen LogP) is 1.59. The quantitative estimate of drug-likeness (QED) is 0.687. The number of ether oxygens (including phenoxy) is 1. The Morgan fingerprint density at radius 1 is 1.46 bits per heavy atom. The van der Waals surface area contributed by atoms with Crippen molar-refractivity contribution in [1.82, 2.24) is 15.3 Å². The number of halogens is 1. The zero-order valence-corrected chi connectivity index (χ0v) is 16.4. The molecule has 2 aliphatic rings. The standard InChI is InChI=1S/C18H22ClN5O4/c1-3-10-8-13(21-15(10)19)16(25)22-11-5-7-24(9-14(11)28-2)18-20-6-4-12(23-18)17(26)27/h4,6,11,14H,3,5,7-9H2,1-2H3,(H,22,25)(H,26,27)/t11-,14+/m1/s1. The van der Waals surface area contributed by atoms with Crippen LogP contribution in [0.3, 0.4) is 0 Å². The molecule has 28 heavy (non-hydrogen) atoms. The van der Waals surface area contributed by atoms with E-state index >= 15 is 0 Å². The van der Waals surface area contributed by atoms with E-state index in [0.29, 0.717) is 42.7 Å². The van der Waals surface area contributed by atoms with E-state index in [0.717, 1.165) is 12.0 Å². The lowest BCUT2D eigenvalue weighted by Crippen LogP contribution is -2.56. The van der Waals surface area contributed by atoms with Gasteiger partial charge in [-0.25, -0.2) is 19.8 Å². The first-order chi connectivity index (χ1) is 13.4. The van der Waals surface area contributed by atoms with E-state index in [-0.39, 0.29) is 23.7 Å². The van der Waals surface area contributed by atoms with Crippen LogP contribution in [0.4, 0.5) is 5.95 Å². The van der Waals surface area contributed by atoms with Crippen molar-refractivity contribution in [3.05, 3.63) is 28.7 Å². The number of nitrogens with one attached hydrogen (secondary N) is 1. The van der Waals surface area contributed by atoms with Crippen molar-refractivity contribution in [2.24, 2.45) is 4.99 Å². The van der Waals surface area contributed by atoms with E-state index in [1.807, 2.05) is 11.8 Å². The Balaban J connectivity index is 1.64. The summed E-state index contributed by atoms with van der Waals surface area (Å²) in [5.41, 5.74) is 1.31. The lowest BCUT2D eigenvalue weighted by Gasteiger charge is -2.38. The molecule has 0 aliphatic carbocycles. The van der Waals surface area contributed by atoms with Crippen LogP contribution in [0.1, 0.15) is 36.7 Å². The topological polar surface area (TPSA) is 117 Å². The predicted molar refractivity (Wildman–Crippen MR) is 104 cm³/mol. The average molecular weight is 408 g/mol. The smallest absolute Gasteiger partial charge is 0.354 e. The molecule has 0 radical (unpaired) electrons. The molecule has 1 aromatic heterocycles. The fourth-order valence-electron chi connectivity index (χ4n) is 3.29. The second-order valence-electron chi connectivity index (χ2n) is 6.62. The monoisotopic (exact) mass is 407 g/mol. The van der Waals surface area contributed by atoms with Gasteiger partial charge in [-0.15, -0.1) is 0 Å². The zero-order chi connectivity index (χ0) is 20.3. The van der Waals surface area contributed by atoms with E-state index in [1.54, 1.807) is 7.11 Å². The number of nitrogens with zero attached hydrogens (tertiary/aromatic N) is 4. The third-order valence-electron chi connectivity index (χ3n) is 4.92. The maximum atomic E-state index is 12.6. The molecule has 150 valence electrons. The minimum atomic E-state index is -1.11. The summed E-state index contributed by atoms with van der Waals surface area (Å²) in [4.78, 5) is 37.9. The van der Waals surface area contributed by atoms with Crippen LogP contribution in [-0.4, -0.2) is 65.0 Å². The van der Waals surface area contributed by atoms with Crippen molar-refractivity contribution >= 4 is 35.1 Å². The van der Waals surface area contributed by atoms with Crippen LogP contribution >= 0.6 is 11.6 Å². The number of carbonyl (C=O) groups excluding carboxylic acids is 1. The van der Waals surface area contributed by atoms with E-state index in [4.69, 9.17) is 21.4 Å². The number of hydrogen-bond donors (Lipinski definition) is 2. The third-order valence-corrected chi connectivity index (χ3v) is 5.27. The summed E-state index contributed by atoms with van der Waals surface area (Å²) in [6, 6.07) is 1.14. The highest BCUT2D eigenvalue weighted by atomic mass is 35.5. The van der Waals surface area contributed by atoms with Gasteiger partial charge in [0.05, 0.1) is 12.1 Å². The highest BCUT2D eigenvalue weighted by Gasteiger charge is 2.33. The average Bonchev–Trinajstić information content (AvgIpc) is 3.09. The summed E-state index contributed by atoms with van der Waals surface area (Å²) in [5, 5.41) is 12.5. The Labute approximate surface area is 167 Å². The molecule has 3 heterocycles. The van der Waals surface area contributed by atoms with Crippen LogP contribution in [-0.2, 0) is 9.53 Å². The van der Waals surface area contributed by atoms with Crippen LogP contribution < -0.4 is 10.2 Å². The lowest BCUT2D eigenvalue weighted by molar-refractivity contribution is -0.116. The molecule has 0 bridgehead atoms. The summed E-state index contributed by atoms with van der Waals surface area (Å²) < 4.78 is 5.56. The van der Waals surface area contributed by atoms with Gasteiger partial charge >= 0.3 is 5.97 Å². The number of aromatic carboxylic acids is 1. The number of methoxy groups -OCH3 is 1. The van der Waals surface area contributed by atoms with Crippen LogP contribution in [0, 0.1) is 0 Å². The fraction of sp³-hybridized carbons (Fsp3) is 0.500. The normalized spacial score (nSPS) is 22.2. The molecule has 2 N–H and O–H groups in total. The molecule has 1 saturated heterocycles. The lowest BCUT2D eigenvalue weighted by atomic mass is 10.0. The molecule has 9 nitrogen and oxygen atoms in total. The highest BCUT2D eigenvalue weighted by molar-refractivity contribution is 6.43. The second kappa shape index (κ2) is 8.66. The van der Waals surface area contributed by atoms with E-state index < -0.39 is 5.97 Å². The Bertz CT molecular complexity index is 841. The molecule has 3 rings (SSSR count). The Kier molecular flexibility index (Phi) is 6.25. The Morgan fingerprint density at radius 2 is 2.25 bits per heavy atom. The molecular weight excluding hydrogens is 386 g/mol. The number of hydrogen-bond acceptors (Lipinski definition) is 7. The first-order valence-corrected chi connectivity index (χ1v) is 9.40. The van der Waals surface area contributed by atoms with Gasteiger partial charge in [0.15, 0.2) is 5.69 Å². The number of carboxylic acid groups (broad SMARTS) is 1. The van der Waals surface area contributed by atoms with Gasteiger partial charge < -0.3 is 20.1 Å². The highest BCUT2D eigenvalue weighted by Crippen LogP contribution is 2.26. The second-order valence-corrected chi connectivity index (χ2v) is 6.98. The van der Waals surface area contributed by atoms with Crippen molar-refractivity contribution in [2.45, 2.75) is 38.3 Å². The molecule has 0 spiro atoms. The van der Waals surface area contributed by atoms with Crippen LogP contribution in [0.2, 0.25) is 0 Å². The van der Waals surface area contributed by atoms with Gasteiger partial charge in [-0.05, 0) is 24.5 Å². The number of piperidine rings is 1. The molecule has 1 amide bonds. The number of aliphatic imine (C=N–C) groups is 1. The number of anilines is 1. The minimum Gasteiger partial charge on any atom is -0.477 e. The first-order valence-electron chi connectivity index (χ1n) is 9.03. The minimum absolute atomic E-state index is 0.0651. The SMILES string of the molecule is CCC1=C(Cl)N=C(C(=O)N[C@@H]2CCN(c3nccc(C(=O)O)n3)C[C@@H]2OC)C1. The van der Waals surface area contributed by atoms with Crippen molar-refractivity contribution in [1.29, 1.82) is 0 Å². The van der Waals surface area contributed by atoms with E-state index in [2.05, 4.69) is 20.3 Å². The Morgan fingerprint density at radius 3 is 2.89 bits per heavy atom. The molecule has 2 aliphatic heterocycles. The molecule has 1 aromatic rings. The Hall–Kier alpha value is -2.52. The molecule has 0 saturated carbocycles. The maximum absolute atomic E-state index is 12.6. The number of rotatable bonds is 6. The number of allylic oxidation sites excluding steroid dienone is 1. The summed E-state index contributed by atoms with van der Waals surface area (Å²) in [7, 11) is 1.57. The van der Waals surface area contributed by atoms with Crippen molar-refractivity contribution in [3.8, 4) is 0 Å². The maximum Gasteiger partial charge on any atom is 0.354 e. The fourth-order valence-corrected chi connectivity index (χ4v) is 3.59. The zero-order valence-electron chi connectivity index (χ0n) is 15.7. The van der Waals surface area contributed by atoms with E-state index in [1.165, 1.54) is 12.3 Å². The first kappa shape index (κ1) is 20.2. The molecule has 10 heteroatoms. The molecule has 0 aromatic carbocycles. The molecule has 0 unspecified atom stereocenters. The number of carbonyl (C=O) groups is 2. The van der Waals surface area contributed by atoms with Crippen molar-refractivity contribution in [2.75, 3.05) is 25.1 Å². The van der Waals surface area contributed by atoms with Crippen LogP contribution in [0.15, 0.2) is 28.0 Å². The van der Waals surface area contributed by atoms with Crippen LogP contribution in [0.25, 0.3) is 0 Å². The van der Waals surface area contributed by atoms with Crippen molar-refractivity contribution < 1.29 is 19.4 Å². The van der Waals surface area contributed by atoms with Gasteiger partial charge in [-0.2, -0.15) is 0 Å². The van der Waals surface area contributed by atoms with Crippen LogP contribution in [0.5, 0.6) is 0 Å². The van der Waals surface area contributed by atoms with Gasteiger partial charge in [0.1, 0.15) is 10.9 Å². The molecular formula is C18H22ClN5O4. The summed E-state index contributed by atoms with van der Waals surface area (Å²) in [6.07, 6.45) is 2.94. The van der Waals surface area contributed by atoms with Gasteiger partial charge in [0, 0.05) is 32.8 Å². The number of amides is 1. The largest absolute Gasteiger partial charge is 0.477 e. The number of carboxylic acids is 1.